The third kappa shape index (κ3) is 4.94. The first-order valence-electron chi connectivity index (χ1n) is 8.75. The van der Waals surface area contributed by atoms with Gasteiger partial charge in [-0.15, -0.1) is 0 Å². The van der Waals surface area contributed by atoms with Crippen LogP contribution in [0, 0.1) is 5.92 Å². The SMILES string of the molecule is CCC(C)C(=O)Nc1cccc(CNC(=O)c2n[nH]c(C(C)C)c2Br)c1. The van der Waals surface area contributed by atoms with Gasteiger partial charge in [-0.05, 0) is 46.0 Å². The highest BCUT2D eigenvalue weighted by Crippen LogP contribution is 2.25. The van der Waals surface area contributed by atoms with Crippen LogP contribution in [0.1, 0.15) is 61.8 Å². The van der Waals surface area contributed by atoms with Crippen molar-refractivity contribution >= 4 is 33.4 Å². The average molecular weight is 421 g/mol. The predicted molar refractivity (Wildman–Crippen MR) is 106 cm³/mol. The summed E-state index contributed by atoms with van der Waals surface area (Å²) in [5, 5.41) is 12.7. The van der Waals surface area contributed by atoms with Crippen molar-refractivity contribution in [3.05, 3.63) is 45.7 Å². The molecule has 0 aliphatic carbocycles. The van der Waals surface area contributed by atoms with Gasteiger partial charge in [-0.25, -0.2) is 0 Å². The quantitative estimate of drug-likeness (QED) is 0.626. The van der Waals surface area contributed by atoms with E-state index in [0.29, 0.717) is 16.7 Å². The van der Waals surface area contributed by atoms with Crippen molar-refractivity contribution in [2.24, 2.45) is 5.92 Å². The Labute approximate surface area is 162 Å². The summed E-state index contributed by atoms with van der Waals surface area (Å²) in [6.45, 7) is 8.28. The topological polar surface area (TPSA) is 86.9 Å². The summed E-state index contributed by atoms with van der Waals surface area (Å²) in [6, 6.07) is 7.46. The van der Waals surface area contributed by atoms with Gasteiger partial charge in [0.1, 0.15) is 0 Å². The van der Waals surface area contributed by atoms with Gasteiger partial charge in [0, 0.05) is 18.2 Å². The number of H-pyrrole nitrogens is 1. The molecule has 6 nitrogen and oxygen atoms in total. The van der Waals surface area contributed by atoms with Crippen LogP contribution in [0.25, 0.3) is 0 Å². The molecule has 1 aromatic carbocycles. The second kappa shape index (κ2) is 8.98. The molecule has 7 heteroatoms. The van der Waals surface area contributed by atoms with E-state index in [4.69, 9.17) is 0 Å². The fourth-order valence-electron chi connectivity index (χ4n) is 2.35. The second-order valence-electron chi connectivity index (χ2n) is 6.64. The van der Waals surface area contributed by atoms with Crippen LogP contribution in [0.2, 0.25) is 0 Å². The van der Waals surface area contributed by atoms with Gasteiger partial charge in [-0.3, -0.25) is 14.7 Å². The summed E-state index contributed by atoms with van der Waals surface area (Å²) >= 11 is 3.44. The third-order valence-electron chi connectivity index (χ3n) is 4.23. The van der Waals surface area contributed by atoms with Gasteiger partial charge < -0.3 is 10.6 Å². The van der Waals surface area contributed by atoms with Crippen LogP contribution in [0.4, 0.5) is 5.69 Å². The number of carbonyl (C=O) groups excluding carboxylic acids is 2. The zero-order chi connectivity index (χ0) is 19.3. The number of nitrogens with one attached hydrogen (secondary N) is 3. The molecular formula is C19H25BrN4O2. The lowest BCUT2D eigenvalue weighted by molar-refractivity contribution is -0.119. The largest absolute Gasteiger partial charge is 0.347 e. The maximum absolute atomic E-state index is 12.4. The van der Waals surface area contributed by atoms with Crippen LogP contribution >= 0.6 is 15.9 Å². The lowest BCUT2D eigenvalue weighted by atomic mass is 10.1. The van der Waals surface area contributed by atoms with E-state index in [9.17, 15) is 9.59 Å². The van der Waals surface area contributed by atoms with E-state index in [-0.39, 0.29) is 23.7 Å². The number of carbonyl (C=O) groups is 2. The molecular weight excluding hydrogens is 396 g/mol. The zero-order valence-corrected chi connectivity index (χ0v) is 17.1. The van der Waals surface area contributed by atoms with E-state index in [2.05, 4.69) is 36.8 Å². The minimum Gasteiger partial charge on any atom is -0.347 e. The number of hydrogen-bond acceptors (Lipinski definition) is 3. The molecule has 0 radical (unpaired) electrons. The number of anilines is 1. The number of nitrogens with zero attached hydrogens (tertiary/aromatic N) is 1. The van der Waals surface area contributed by atoms with Gasteiger partial charge in [0.2, 0.25) is 5.91 Å². The van der Waals surface area contributed by atoms with Crippen molar-refractivity contribution in [1.82, 2.24) is 15.5 Å². The average Bonchev–Trinajstić information content (AvgIpc) is 3.01. The first kappa shape index (κ1) is 20.2. The van der Waals surface area contributed by atoms with Crippen LogP contribution in [0.3, 0.4) is 0 Å². The van der Waals surface area contributed by atoms with Crippen LogP contribution < -0.4 is 10.6 Å². The van der Waals surface area contributed by atoms with Crippen LogP contribution in [-0.2, 0) is 11.3 Å². The van der Waals surface area contributed by atoms with Crippen molar-refractivity contribution in [2.75, 3.05) is 5.32 Å². The van der Waals surface area contributed by atoms with E-state index in [1.165, 1.54) is 0 Å². The van der Waals surface area contributed by atoms with Crippen LogP contribution in [0.5, 0.6) is 0 Å². The fraction of sp³-hybridized carbons (Fsp3) is 0.421. The lowest BCUT2D eigenvalue weighted by Crippen LogP contribution is -2.24. The van der Waals surface area contributed by atoms with Crippen molar-refractivity contribution in [1.29, 1.82) is 0 Å². The number of rotatable bonds is 7. The molecule has 0 aliphatic heterocycles. The normalized spacial score (nSPS) is 12.1. The summed E-state index contributed by atoms with van der Waals surface area (Å²) < 4.78 is 0.694. The van der Waals surface area contributed by atoms with Gasteiger partial charge in [0.05, 0.1) is 10.2 Å². The molecule has 140 valence electrons. The smallest absolute Gasteiger partial charge is 0.273 e. The summed E-state index contributed by atoms with van der Waals surface area (Å²) in [5.41, 5.74) is 2.86. The van der Waals surface area contributed by atoms with Gasteiger partial charge in [0.25, 0.3) is 5.91 Å². The van der Waals surface area contributed by atoms with E-state index in [0.717, 1.165) is 23.4 Å². The van der Waals surface area contributed by atoms with Gasteiger partial charge in [0.15, 0.2) is 5.69 Å². The lowest BCUT2D eigenvalue weighted by Gasteiger charge is -2.11. The molecule has 1 unspecified atom stereocenters. The predicted octanol–water partition coefficient (Wildman–Crippen LogP) is 4.21. The molecule has 0 saturated carbocycles. The molecule has 2 amide bonds. The molecule has 1 aromatic heterocycles. The molecule has 0 saturated heterocycles. The first-order chi connectivity index (χ1) is 12.3. The van der Waals surface area contributed by atoms with E-state index in [1.807, 2.05) is 52.0 Å². The molecule has 0 spiro atoms. The second-order valence-corrected chi connectivity index (χ2v) is 7.43. The van der Waals surface area contributed by atoms with Crippen molar-refractivity contribution < 1.29 is 9.59 Å². The Balaban J connectivity index is 2.00. The molecule has 0 fully saturated rings. The third-order valence-corrected chi connectivity index (χ3v) is 5.04. The number of amides is 2. The van der Waals surface area contributed by atoms with E-state index < -0.39 is 0 Å². The molecule has 0 aliphatic rings. The summed E-state index contributed by atoms with van der Waals surface area (Å²) in [6.07, 6.45) is 0.790. The summed E-state index contributed by atoms with van der Waals surface area (Å²) in [4.78, 5) is 24.4. The summed E-state index contributed by atoms with van der Waals surface area (Å²) in [5.74, 6) is -0.0563. The Morgan fingerprint density at radius 3 is 2.62 bits per heavy atom. The Kier molecular flexibility index (Phi) is 6.97. The van der Waals surface area contributed by atoms with Gasteiger partial charge in [-0.2, -0.15) is 5.10 Å². The number of aromatic nitrogens is 2. The molecule has 0 bridgehead atoms. The number of benzene rings is 1. The Morgan fingerprint density at radius 2 is 2.00 bits per heavy atom. The Morgan fingerprint density at radius 1 is 1.27 bits per heavy atom. The summed E-state index contributed by atoms with van der Waals surface area (Å²) in [7, 11) is 0. The van der Waals surface area contributed by atoms with E-state index in [1.54, 1.807) is 0 Å². The van der Waals surface area contributed by atoms with Crippen molar-refractivity contribution in [3.63, 3.8) is 0 Å². The van der Waals surface area contributed by atoms with Gasteiger partial charge in [-0.1, -0.05) is 39.8 Å². The fourth-order valence-corrected chi connectivity index (χ4v) is 3.17. The van der Waals surface area contributed by atoms with Crippen LogP contribution in [-0.4, -0.2) is 22.0 Å². The Hall–Kier alpha value is -2.15. The van der Waals surface area contributed by atoms with Crippen LogP contribution in [0.15, 0.2) is 28.7 Å². The zero-order valence-electron chi connectivity index (χ0n) is 15.5. The maximum atomic E-state index is 12.4. The van der Waals surface area contributed by atoms with Crippen molar-refractivity contribution in [2.45, 2.75) is 46.6 Å². The molecule has 1 atom stereocenters. The molecule has 3 N–H and O–H groups in total. The minimum absolute atomic E-state index is 0.00430. The molecule has 1 heterocycles. The van der Waals surface area contributed by atoms with Gasteiger partial charge >= 0.3 is 0 Å². The Bertz CT molecular complexity index is 786. The van der Waals surface area contributed by atoms with Crippen molar-refractivity contribution in [3.8, 4) is 0 Å². The molecule has 2 rings (SSSR count). The molecule has 2 aromatic rings. The maximum Gasteiger partial charge on any atom is 0.273 e. The standard InChI is InChI=1S/C19H25BrN4O2/c1-5-12(4)18(25)22-14-8-6-7-13(9-14)10-21-19(26)17-15(20)16(11(2)3)23-24-17/h6-9,11-12H,5,10H2,1-4H3,(H,21,26)(H,22,25)(H,23,24). The number of halogens is 1. The highest BCUT2D eigenvalue weighted by molar-refractivity contribution is 9.10. The number of hydrogen-bond donors (Lipinski definition) is 3. The minimum atomic E-state index is -0.255. The highest BCUT2D eigenvalue weighted by atomic mass is 79.9. The highest BCUT2D eigenvalue weighted by Gasteiger charge is 2.19. The monoisotopic (exact) mass is 420 g/mol. The molecule has 26 heavy (non-hydrogen) atoms. The number of aromatic amines is 1. The van der Waals surface area contributed by atoms with E-state index >= 15 is 0 Å². The first-order valence-corrected chi connectivity index (χ1v) is 9.54.